The summed E-state index contributed by atoms with van der Waals surface area (Å²) in [4.78, 5) is 3.78. The van der Waals surface area contributed by atoms with Crippen LogP contribution in [0.25, 0.3) is 0 Å². The monoisotopic (exact) mass is 259 g/mol. The second-order valence-corrected chi connectivity index (χ2v) is 5.01. The van der Waals surface area contributed by atoms with Crippen molar-refractivity contribution in [3.63, 3.8) is 0 Å². The van der Waals surface area contributed by atoms with Crippen molar-refractivity contribution in [3.8, 4) is 0 Å². The first-order valence-corrected chi connectivity index (χ1v) is 6.42. The summed E-state index contributed by atoms with van der Waals surface area (Å²) in [5, 5.41) is 10.5. The van der Waals surface area contributed by atoms with Crippen LogP contribution in [0.15, 0.2) is 42.7 Å². The molecule has 2 rings (SSSR count). The van der Waals surface area contributed by atoms with Gasteiger partial charge in [0.25, 0.3) is 0 Å². The standard InChI is InChI=1S/C16H18FNO/c1-3-12-4-6-13(7-5-12)9-16(2,19)14-8-15(17)11-18-10-14/h4-8,10-11,19H,3,9H2,1-2H3. The molecule has 0 saturated carbocycles. The highest BCUT2D eigenvalue weighted by atomic mass is 19.1. The number of halogens is 1. The molecule has 0 aliphatic heterocycles. The molecule has 1 atom stereocenters. The fraction of sp³-hybridized carbons (Fsp3) is 0.312. The number of benzene rings is 1. The van der Waals surface area contributed by atoms with Gasteiger partial charge >= 0.3 is 0 Å². The van der Waals surface area contributed by atoms with E-state index >= 15 is 0 Å². The number of aliphatic hydroxyl groups is 1. The fourth-order valence-corrected chi connectivity index (χ4v) is 2.10. The maximum absolute atomic E-state index is 13.2. The molecule has 0 amide bonds. The molecule has 19 heavy (non-hydrogen) atoms. The van der Waals surface area contributed by atoms with E-state index in [0.29, 0.717) is 12.0 Å². The average molecular weight is 259 g/mol. The van der Waals surface area contributed by atoms with Crippen molar-refractivity contribution in [1.29, 1.82) is 0 Å². The van der Waals surface area contributed by atoms with Gasteiger partial charge in [0.2, 0.25) is 0 Å². The Labute approximate surface area is 112 Å². The molecule has 0 aliphatic rings. The Kier molecular flexibility index (Phi) is 3.96. The molecule has 0 bridgehead atoms. The molecule has 0 radical (unpaired) electrons. The van der Waals surface area contributed by atoms with E-state index in [-0.39, 0.29) is 0 Å². The van der Waals surface area contributed by atoms with Gasteiger partial charge in [-0.2, -0.15) is 0 Å². The second kappa shape index (κ2) is 5.49. The Morgan fingerprint density at radius 2 is 1.79 bits per heavy atom. The molecule has 0 aliphatic carbocycles. The quantitative estimate of drug-likeness (QED) is 0.914. The molecule has 1 unspecified atom stereocenters. The van der Waals surface area contributed by atoms with E-state index in [0.717, 1.165) is 18.2 Å². The fourth-order valence-electron chi connectivity index (χ4n) is 2.10. The normalized spacial score (nSPS) is 14.1. The Hall–Kier alpha value is -1.74. The van der Waals surface area contributed by atoms with E-state index in [1.807, 2.05) is 12.1 Å². The van der Waals surface area contributed by atoms with Gasteiger partial charge in [-0.05, 0) is 30.5 Å². The first-order chi connectivity index (χ1) is 9.01. The molecule has 2 nitrogen and oxygen atoms in total. The van der Waals surface area contributed by atoms with Crippen LogP contribution in [0.4, 0.5) is 4.39 Å². The molecule has 100 valence electrons. The highest BCUT2D eigenvalue weighted by Crippen LogP contribution is 2.25. The Bertz CT molecular complexity index is 549. The van der Waals surface area contributed by atoms with Crippen LogP contribution in [0.5, 0.6) is 0 Å². The lowest BCUT2D eigenvalue weighted by atomic mass is 9.90. The van der Waals surface area contributed by atoms with Crippen LogP contribution in [0.2, 0.25) is 0 Å². The molecule has 3 heteroatoms. The van der Waals surface area contributed by atoms with E-state index < -0.39 is 11.4 Å². The van der Waals surface area contributed by atoms with Gasteiger partial charge in [0.15, 0.2) is 0 Å². The Morgan fingerprint density at radius 1 is 1.16 bits per heavy atom. The molecular formula is C16H18FNO. The molecule has 0 spiro atoms. The van der Waals surface area contributed by atoms with E-state index in [9.17, 15) is 9.50 Å². The molecule has 1 aromatic heterocycles. The van der Waals surface area contributed by atoms with E-state index in [1.54, 1.807) is 6.92 Å². The zero-order chi connectivity index (χ0) is 13.9. The molecule has 0 saturated heterocycles. The van der Waals surface area contributed by atoms with Crippen LogP contribution >= 0.6 is 0 Å². The number of hydrogen-bond acceptors (Lipinski definition) is 2. The van der Waals surface area contributed by atoms with Gasteiger partial charge in [-0.1, -0.05) is 31.2 Å². The largest absolute Gasteiger partial charge is 0.385 e. The smallest absolute Gasteiger partial charge is 0.141 e. The maximum Gasteiger partial charge on any atom is 0.141 e. The summed E-state index contributed by atoms with van der Waals surface area (Å²) in [6.07, 6.45) is 4.06. The highest BCUT2D eigenvalue weighted by molar-refractivity contribution is 5.27. The van der Waals surface area contributed by atoms with Crippen LogP contribution in [0.1, 0.15) is 30.5 Å². The van der Waals surface area contributed by atoms with Gasteiger partial charge in [-0.3, -0.25) is 4.98 Å². The van der Waals surface area contributed by atoms with Crippen molar-refractivity contribution in [2.75, 3.05) is 0 Å². The summed E-state index contributed by atoms with van der Waals surface area (Å²) in [6, 6.07) is 9.43. The van der Waals surface area contributed by atoms with E-state index in [2.05, 4.69) is 24.0 Å². The van der Waals surface area contributed by atoms with E-state index in [4.69, 9.17) is 0 Å². The molecule has 2 aromatic rings. The third-order valence-corrected chi connectivity index (χ3v) is 3.31. The van der Waals surface area contributed by atoms with Crippen LogP contribution in [-0.4, -0.2) is 10.1 Å². The lowest BCUT2D eigenvalue weighted by Gasteiger charge is -2.23. The summed E-state index contributed by atoms with van der Waals surface area (Å²) in [5.41, 5.74) is 1.65. The molecule has 0 fully saturated rings. The SMILES string of the molecule is CCc1ccc(CC(C)(O)c2cncc(F)c2)cc1. The lowest BCUT2D eigenvalue weighted by Crippen LogP contribution is -2.24. The Balaban J connectivity index is 2.20. The minimum absolute atomic E-state index is 0.431. The van der Waals surface area contributed by atoms with E-state index in [1.165, 1.54) is 17.8 Å². The number of aryl methyl sites for hydroxylation is 1. The molecular weight excluding hydrogens is 241 g/mol. The summed E-state index contributed by atoms with van der Waals surface area (Å²) < 4.78 is 13.2. The first kappa shape index (κ1) is 13.7. The predicted molar refractivity (Wildman–Crippen MR) is 73.3 cm³/mol. The third kappa shape index (κ3) is 3.38. The van der Waals surface area contributed by atoms with Crippen molar-refractivity contribution in [1.82, 2.24) is 4.98 Å². The van der Waals surface area contributed by atoms with Gasteiger partial charge in [0, 0.05) is 18.2 Å². The maximum atomic E-state index is 13.2. The lowest BCUT2D eigenvalue weighted by molar-refractivity contribution is 0.0569. The van der Waals surface area contributed by atoms with Crippen LogP contribution < -0.4 is 0 Å². The summed E-state index contributed by atoms with van der Waals surface area (Å²) in [7, 11) is 0. The predicted octanol–water partition coefficient (Wildman–Crippen LogP) is 3.23. The average Bonchev–Trinajstić information content (AvgIpc) is 2.39. The summed E-state index contributed by atoms with van der Waals surface area (Å²) in [5.74, 6) is -0.431. The number of hydrogen-bond donors (Lipinski definition) is 1. The van der Waals surface area contributed by atoms with Crippen LogP contribution in [0.3, 0.4) is 0 Å². The summed E-state index contributed by atoms with van der Waals surface area (Å²) >= 11 is 0. The first-order valence-electron chi connectivity index (χ1n) is 6.42. The van der Waals surface area contributed by atoms with Crippen LogP contribution in [-0.2, 0) is 18.4 Å². The number of pyridine rings is 1. The molecule has 1 aromatic carbocycles. The van der Waals surface area contributed by atoms with Crippen LogP contribution in [0, 0.1) is 5.82 Å². The number of aromatic nitrogens is 1. The van der Waals surface area contributed by atoms with Crippen molar-refractivity contribution >= 4 is 0 Å². The minimum Gasteiger partial charge on any atom is -0.385 e. The highest BCUT2D eigenvalue weighted by Gasteiger charge is 2.24. The molecule has 1 N–H and O–H groups in total. The third-order valence-electron chi connectivity index (χ3n) is 3.31. The van der Waals surface area contributed by atoms with Gasteiger partial charge in [-0.15, -0.1) is 0 Å². The van der Waals surface area contributed by atoms with Gasteiger partial charge < -0.3 is 5.11 Å². The zero-order valence-electron chi connectivity index (χ0n) is 11.2. The van der Waals surface area contributed by atoms with Crippen molar-refractivity contribution in [2.45, 2.75) is 32.3 Å². The zero-order valence-corrected chi connectivity index (χ0v) is 11.2. The van der Waals surface area contributed by atoms with Gasteiger partial charge in [0.1, 0.15) is 5.82 Å². The van der Waals surface area contributed by atoms with Crippen molar-refractivity contribution in [3.05, 3.63) is 65.2 Å². The Morgan fingerprint density at radius 3 is 2.37 bits per heavy atom. The van der Waals surface area contributed by atoms with Gasteiger partial charge in [-0.25, -0.2) is 4.39 Å². The number of nitrogens with zero attached hydrogens (tertiary/aromatic N) is 1. The van der Waals surface area contributed by atoms with Crippen molar-refractivity contribution in [2.24, 2.45) is 0 Å². The second-order valence-electron chi connectivity index (χ2n) is 5.01. The topological polar surface area (TPSA) is 33.1 Å². The minimum atomic E-state index is -1.12. The van der Waals surface area contributed by atoms with Crippen molar-refractivity contribution < 1.29 is 9.50 Å². The summed E-state index contributed by atoms with van der Waals surface area (Å²) in [6.45, 7) is 3.78. The number of rotatable bonds is 4. The van der Waals surface area contributed by atoms with Gasteiger partial charge in [0.05, 0.1) is 11.8 Å². The molecule has 1 heterocycles.